The average Bonchev–Trinajstić information content (AvgIpc) is 2.45. The summed E-state index contributed by atoms with van der Waals surface area (Å²) >= 11 is 0. The summed E-state index contributed by atoms with van der Waals surface area (Å²) in [6.45, 7) is 0. The van der Waals surface area contributed by atoms with Crippen molar-refractivity contribution in [1.29, 1.82) is 0 Å². The van der Waals surface area contributed by atoms with Crippen molar-refractivity contribution in [2.75, 3.05) is 12.8 Å². The third-order valence-electron chi connectivity index (χ3n) is 2.82. The zero-order valence-electron chi connectivity index (χ0n) is 10.9. The van der Waals surface area contributed by atoms with Crippen LogP contribution in [-0.4, -0.2) is 18.1 Å². The van der Waals surface area contributed by atoms with Crippen LogP contribution in [0.4, 0.5) is 19.0 Å². The zero-order valence-corrected chi connectivity index (χ0v) is 10.9. The maximum Gasteiger partial charge on any atom is 0.417 e. The number of esters is 1. The largest absolute Gasteiger partial charge is 0.464 e. The Kier molecular flexibility index (Phi) is 3.84. The van der Waals surface area contributed by atoms with Gasteiger partial charge in [0.25, 0.3) is 0 Å². The van der Waals surface area contributed by atoms with E-state index in [2.05, 4.69) is 9.72 Å². The number of hydrogen-bond donors (Lipinski definition) is 1. The fraction of sp³-hybridized carbons (Fsp3) is 0.143. The molecule has 2 rings (SSSR count). The molecule has 1 aromatic carbocycles. The van der Waals surface area contributed by atoms with Crippen molar-refractivity contribution in [2.45, 2.75) is 6.18 Å². The summed E-state index contributed by atoms with van der Waals surface area (Å²) in [5, 5.41) is 0. The van der Waals surface area contributed by atoms with E-state index in [0.29, 0.717) is 0 Å². The first-order valence-electron chi connectivity index (χ1n) is 5.86. The van der Waals surface area contributed by atoms with Crippen LogP contribution in [0, 0.1) is 0 Å². The highest BCUT2D eigenvalue weighted by molar-refractivity contribution is 5.96. The topological polar surface area (TPSA) is 65.2 Å². The lowest BCUT2D eigenvalue weighted by molar-refractivity contribution is -0.137. The molecule has 0 atom stereocenters. The van der Waals surface area contributed by atoms with Crippen molar-refractivity contribution < 1.29 is 22.7 Å². The van der Waals surface area contributed by atoms with Gasteiger partial charge in [0.2, 0.25) is 0 Å². The Morgan fingerprint density at radius 2 is 1.81 bits per heavy atom. The second-order valence-electron chi connectivity index (χ2n) is 4.17. The van der Waals surface area contributed by atoms with Crippen LogP contribution in [-0.2, 0) is 10.9 Å². The molecule has 0 aliphatic carbocycles. The molecule has 0 aliphatic rings. The first kappa shape index (κ1) is 14.8. The monoisotopic (exact) mass is 296 g/mol. The van der Waals surface area contributed by atoms with E-state index >= 15 is 0 Å². The maximum absolute atomic E-state index is 13.1. The van der Waals surface area contributed by atoms with Gasteiger partial charge in [-0.15, -0.1) is 0 Å². The van der Waals surface area contributed by atoms with Gasteiger partial charge in [0, 0.05) is 5.56 Å². The molecular formula is C14H11F3N2O2. The van der Waals surface area contributed by atoms with Crippen molar-refractivity contribution in [3.05, 3.63) is 47.7 Å². The number of pyridine rings is 1. The molecule has 2 N–H and O–H groups in total. The molecule has 0 spiro atoms. The predicted octanol–water partition coefficient (Wildman–Crippen LogP) is 3.14. The molecule has 1 aromatic heterocycles. The number of carbonyl (C=O) groups excluding carboxylic acids is 1. The van der Waals surface area contributed by atoms with E-state index in [4.69, 9.17) is 5.73 Å². The van der Waals surface area contributed by atoms with Crippen LogP contribution in [0.2, 0.25) is 0 Å². The average molecular weight is 296 g/mol. The number of nitrogen functional groups attached to an aromatic ring is 1. The van der Waals surface area contributed by atoms with Crippen molar-refractivity contribution in [2.24, 2.45) is 0 Å². The minimum atomic E-state index is -4.55. The zero-order chi connectivity index (χ0) is 15.6. The second kappa shape index (κ2) is 5.43. The lowest BCUT2D eigenvalue weighted by atomic mass is 9.98. The molecule has 0 amide bonds. The number of rotatable bonds is 2. The number of halogens is 3. The second-order valence-corrected chi connectivity index (χ2v) is 4.17. The van der Waals surface area contributed by atoms with Gasteiger partial charge in [-0.05, 0) is 23.8 Å². The van der Waals surface area contributed by atoms with Gasteiger partial charge in [-0.1, -0.05) is 18.2 Å². The number of aromatic nitrogens is 1. The van der Waals surface area contributed by atoms with E-state index in [1.165, 1.54) is 30.3 Å². The minimum Gasteiger partial charge on any atom is -0.464 e. The van der Waals surface area contributed by atoms with Crippen molar-refractivity contribution >= 4 is 11.8 Å². The number of anilines is 1. The highest BCUT2D eigenvalue weighted by Gasteiger charge is 2.34. The van der Waals surface area contributed by atoms with Gasteiger partial charge in [0.1, 0.15) is 5.82 Å². The number of alkyl halides is 3. The number of nitrogens with zero attached hydrogens (tertiary/aromatic N) is 1. The maximum atomic E-state index is 13.1. The molecule has 7 heteroatoms. The van der Waals surface area contributed by atoms with Gasteiger partial charge in [-0.3, -0.25) is 0 Å². The van der Waals surface area contributed by atoms with Crippen LogP contribution in [0.1, 0.15) is 16.1 Å². The van der Waals surface area contributed by atoms with E-state index in [1.54, 1.807) is 0 Å². The van der Waals surface area contributed by atoms with Crippen LogP contribution in [0.25, 0.3) is 11.1 Å². The van der Waals surface area contributed by atoms with Crippen LogP contribution in [0.5, 0.6) is 0 Å². The minimum absolute atomic E-state index is 0.0173. The van der Waals surface area contributed by atoms with E-state index in [9.17, 15) is 18.0 Å². The molecule has 0 saturated carbocycles. The van der Waals surface area contributed by atoms with Gasteiger partial charge < -0.3 is 10.5 Å². The Balaban J connectivity index is 2.71. The Hall–Kier alpha value is -2.57. The highest BCUT2D eigenvalue weighted by Crippen LogP contribution is 2.38. The smallest absolute Gasteiger partial charge is 0.417 e. The summed E-state index contributed by atoms with van der Waals surface area (Å²) < 4.78 is 43.7. The SMILES string of the molecule is COC(=O)c1nc(N)ccc1-c1ccccc1C(F)(F)F. The summed E-state index contributed by atoms with van der Waals surface area (Å²) in [6.07, 6.45) is -4.55. The van der Waals surface area contributed by atoms with E-state index in [1.807, 2.05) is 0 Å². The third kappa shape index (κ3) is 2.96. The van der Waals surface area contributed by atoms with E-state index in [-0.39, 0.29) is 22.6 Å². The summed E-state index contributed by atoms with van der Waals surface area (Å²) in [7, 11) is 1.12. The van der Waals surface area contributed by atoms with E-state index in [0.717, 1.165) is 13.2 Å². The quantitative estimate of drug-likeness (QED) is 0.865. The van der Waals surface area contributed by atoms with Crippen LogP contribution in [0.15, 0.2) is 36.4 Å². The standard InChI is InChI=1S/C14H11F3N2O2/c1-21-13(20)12-9(6-7-11(18)19-12)8-4-2-3-5-10(8)14(15,16)17/h2-7H,1H3,(H2,18,19). The molecule has 21 heavy (non-hydrogen) atoms. The first-order chi connectivity index (χ1) is 9.84. The molecule has 0 radical (unpaired) electrons. The Morgan fingerprint density at radius 1 is 1.14 bits per heavy atom. The molecule has 2 aromatic rings. The predicted molar refractivity (Wildman–Crippen MR) is 70.4 cm³/mol. The van der Waals surface area contributed by atoms with Crippen molar-refractivity contribution in [3.8, 4) is 11.1 Å². The summed E-state index contributed by atoms with van der Waals surface area (Å²) in [5.41, 5.74) is 4.23. The molecule has 4 nitrogen and oxygen atoms in total. The number of benzene rings is 1. The van der Waals surface area contributed by atoms with Gasteiger partial charge in [0.15, 0.2) is 5.69 Å². The first-order valence-corrected chi connectivity index (χ1v) is 5.86. The van der Waals surface area contributed by atoms with Gasteiger partial charge in [-0.2, -0.15) is 13.2 Å². The van der Waals surface area contributed by atoms with Gasteiger partial charge in [0.05, 0.1) is 12.7 Å². The molecular weight excluding hydrogens is 285 g/mol. The van der Waals surface area contributed by atoms with E-state index < -0.39 is 17.7 Å². The summed E-state index contributed by atoms with van der Waals surface area (Å²) in [4.78, 5) is 15.5. The normalized spacial score (nSPS) is 11.2. The van der Waals surface area contributed by atoms with Crippen LogP contribution in [0.3, 0.4) is 0 Å². The van der Waals surface area contributed by atoms with Crippen molar-refractivity contribution in [3.63, 3.8) is 0 Å². The van der Waals surface area contributed by atoms with Crippen molar-refractivity contribution in [1.82, 2.24) is 4.98 Å². The Labute approximate surface area is 118 Å². The Bertz CT molecular complexity index is 684. The number of carbonyl (C=O) groups is 1. The van der Waals surface area contributed by atoms with Crippen LogP contribution < -0.4 is 5.73 Å². The fourth-order valence-electron chi connectivity index (χ4n) is 1.91. The lowest BCUT2D eigenvalue weighted by Gasteiger charge is -2.14. The molecule has 0 unspecified atom stereocenters. The molecule has 0 bridgehead atoms. The number of hydrogen-bond acceptors (Lipinski definition) is 4. The fourth-order valence-corrected chi connectivity index (χ4v) is 1.91. The molecule has 0 saturated heterocycles. The number of nitrogens with two attached hydrogens (primary N) is 1. The molecule has 1 heterocycles. The highest BCUT2D eigenvalue weighted by atomic mass is 19.4. The number of ether oxygens (including phenoxy) is 1. The summed E-state index contributed by atoms with van der Waals surface area (Å²) in [6, 6.07) is 7.57. The molecule has 0 fully saturated rings. The van der Waals surface area contributed by atoms with Gasteiger partial charge >= 0.3 is 12.1 Å². The molecule has 110 valence electrons. The summed E-state index contributed by atoms with van der Waals surface area (Å²) in [5.74, 6) is -0.835. The lowest BCUT2D eigenvalue weighted by Crippen LogP contribution is -2.11. The number of methoxy groups -OCH3 is 1. The molecule has 0 aliphatic heterocycles. The van der Waals surface area contributed by atoms with Crippen LogP contribution >= 0.6 is 0 Å². The third-order valence-corrected chi connectivity index (χ3v) is 2.82. The Morgan fingerprint density at radius 3 is 2.43 bits per heavy atom. The van der Waals surface area contributed by atoms with Gasteiger partial charge in [-0.25, -0.2) is 9.78 Å².